The van der Waals surface area contributed by atoms with Gasteiger partial charge < -0.3 is 4.57 Å². The van der Waals surface area contributed by atoms with Crippen molar-refractivity contribution in [3.05, 3.63) is 200 Å². The molecule has 2 heterocycles. The van der Waals surface area contributed by atoms with Crippen LogP contribution in [0.4, 0.5) is 0 Å². The Balaban J connectivity index is 0.942. The first-order chi connectivity index (χ1) is 29.7. The van der Waals surface area contributed by atoms with Crippen molar-refractivity contribution < 1.29 is 0 Å². The fourth-order valence-corrected chi connectivity index (χ4v) is 11.7. The summed E-state index contributed by atoms with van der Waals surface area (Å²) in [5, 5.41) is 20.8. The third-order valence-electron chi connectivity index (χ3n) is 13.3. The van der Waals surface area contributed by atoms with Gasteiger partial charge in [0, 0.05) is 36.6 Å². The van der Waals surface area contributed by atoms with Crippen LogP contribution < -0.4 is 0 Å². The van der Waals surface area contributed by atoms with Crippen LogP contribution in [0.3, 0.4) is 0 Å². The van der Waals surface area contributed by atoms with Crippen LogP contribution in [0.15, 0.2) is 200 Å². The van der Waals surface area contributed by atoms with Gasteiger partial charge in [0.05, 0.1) is 11.0 Å². The van der Waals surface area contributed by atoms with Crippen LogP contribution in [0.25, 0.3) is 135 Å². The SMILES string of the molecule is c1cc2ccc3cc(-c4ccc5c(c4)c4ccccc4n5-c4ccc5sc6ccc(-c7cccc8c9ccccc9c9ccccc9c78)cc6c5c4)cc4ccc(c1)c2c34. The molecule has 2 heteroatoms. The van der Waals surface area contributed by atoms with E-state index in [0.29, 0.717) is 0 Å². The van der Waals surface area contributed by atoms with E-state index >= 15 is 0 Å². The molecule has 14 rings (SSSR count). The molecule has 0 aliphatic carbocycles. The van der Waals surface area contributed by atoms with Gasteiger partial charge in [-0.15, -0.1) is 11.3 Å². The van der Waals surface area contributed by atoms with Crippen molar-refractivity contribution in [1.29, 1.82) is 0 Å². The smallest absolute Gasteiger partial charge is 0.0541 e. The standard InChI is InChI=1S/C58H33NS/c1-2-12-45-43(11-1)44-13-3-4-15-47(44)58-42(16-8-17-48(45)58)37-24-27-54-50(32-37)51-33-41(25-28-55(51)60-54)59-52-18-6-5-14-46(52)49-31-36(23-26-53(49)59)40-29-38-21-19-34-9-7-10-35-20-22-39(30-40)57(38)56(34)35/h1-33H. The average molecular weight is 776 g/mol. The third-order valence-corrected chi connectivity index (χ3v) is 14.4. The Morgan fingerprint density at radius 2 is 0.817 bits per heavy atom. The lowest BCUT2D eigenvalue weighted by atomic mass is 9.89. The molecular weight excluding hydrogens is 743 g/mol. The highest BCUT2D eigenvalue weighted by Crippen LogP contribution is 2.44. The minimum atomic E-state index is 1.18. The molecule has 0 aliphatic rings. The Morgan fingerprint density at radius 1 is 0.283 bits per heavy atom. The van der Waals surface area contributed by atoms with E-state index in [1.54, 1.807) is 0 Å². The largest absolute Gasteiger partial charge is 0.309 e. The summed E-state index contributed by atoms with van der Waals surface area (Å²) >= 11 is 1.88. The van der Waals surface area contributed by atoms with Crippen molar-refractivity contribution in [3.63, 3.8) is 0 Å². The lowest BCUT2D eigenvalue weighted by molar-refractivity contribution is 1.19. The Labute approximate surface area is 348 Å². The number of nitrogens with zero attached hydrogens (tertiary/aromatic N) is 1. The maximum Gasteiger partial charge on any atom is 0.0541 e. The fraction of sp³-hybridized carbons (Fsp3) is 0. The summed E-state index contributed by atoms with van der Waals surface area (Å²) in [6.45, 7) is 0. The number of hydrogen-bond donors (Lipinski definition) is 0. The number of fused-ring (bicyclic) bond motifs is 12. The van der Waals surface area contributed by atoms with Gasteiger partial charge in [-0.25, -0.2) is 0 Å². The second-order valence-corrected chi connectivity index (χ2v) is 17.5. The van der Waals surface area contributed by atoms with E-state index < -0.39 is 0 Å². The molecule has 0 aliphatic heterocycles. The first-order valence-electron chi connectivity index (χ1n) is 20.7. The van der Waals surface area contributed by atoms with Crippen molar-refractivity contribution in [3.8, 4) is 27.9 Å². The molecule has 0 saturated heterocycles. The third kappa shape index (κ3) is 4.46. The topological polar surface area (TPSA) is 4.93 Å². The van der Waals surface area contributed by atoms with Crippen molar-refractivity contribution in [2.75, 3.05) is 0 Å². The zero-order valence-corrected chi connectivity index (χ0v) is 33.2. The Morgan fingerprint density at radius 3 is 1.57 bits per heavy atom. The predicted molar refractivity (Wildman–Crippen MR) is 261 cm³/mol. The summed E-state index contributed by atoms with van der Waals surface area (Å²) in [4.78, 5) is 0. The molecule has 0 saturated carbocycles. The zero-order valence-electron chi connectivity index (χ0n) is 32.4. The van der Waals surface area contributed by atoms with Crippen LogP contribution in [0.1, 0.15) is 0 Å². The van der Waals surface area contributed by atoms with Gasteiger partial charge in [-0.1, -0.05) is 140 Å². The summed E-state index contributed by atoms with van der Waals surface area (Å²) in [6, 6.07) is 75.1. The van der Waals surface area contributed by atoms with Crippen LogP contribution in [0.5, 0.6) is 0 Å². The van der Waals surface area contributed by atoms with Crippen molar-refractivity contribution in [2.45, 2.75) is 0 Å². The second-order valence-electron chi connectivity index (χ2n) is 16.4. The molecule has 0 radical (unpaired) electrons. The van der Waals surface area contributed by atoms with Crippen molar-refractivity contribution in [1.82, 2.24) is 4.57 Å². The van der Waals surface area contributed by atoms with Crippen LogP contribution in [0.2, 0.25) is 0 Å². The van der Waals surface area contributed by atoms with E-state index in [-0.39, 0.29) is 0 Å². The van der Waals surface area contributed by atoms with Crippen LogP contribution in [-0.2, 0) is 0 Å². The summed E-state index contributed by atoms with van der Waals surface area (Å²) in [6.07, 6.45) is 0. The summed E-state index contributed by atoms with van der Waals surface area (Å²) in [7, 11) is 0. The number of hydrogen-bond acceptors (Lipinski definition) is 1. The molecule has 12 aromatic carbocycles. The first-order valence-corrected chi connectivity index (χ1v) is 21.6. The highest BCUT2D eigenvalue weighted by molar-refractivity contribution is 7.25. The first kappa shape index (κ1) is 32.4. The van der Waals surface area contributed by atoms with Crippen molar-refractivity contribution in [2.24, 2.45) is 0 Å². The number of para-hydroxylation sites is 1. The van der Waals surface area contributed by atoms with Crippen LogP contribution in [0, 0.1) is 0 Å². The zero-order chi connectivity index (χ0) is 39.1. The molecule has 14 aromatic rings. The van der Waals surface area contributed by atoms with E-state index in [9.17, 15) is 0 Å². The quantitative estimate of drug-likeness (QED) is 0.158. The van der Waals surface area contributed by atoms with Crippen LogP contribution in [-0.4, -0.2) is 4.57 Å². The maximum absolute atomic E-state index is 2.46. The number of benzene rings is 12. The van der Waals surface area contributed by atoms with Gasteiger partial charge >= 0.3 is 0 Å². The Bertz CT molecular complexity index is 4020. The molecule has 0 atom stereocenters. The molecule has 60 heavy (non-hydrogen) atoms. The summed E-state index contributed by atoms with van der Waals surface area (Å²) < 4.78 is 5.07. The highest BCUT2D eigenvalue weighted by Gasteiger charge is 2.18. The van der Waals surface area contributed by atoms with Gasteiger partial charge in [-0.3, -0.25) is 0 Å². The highest BCUT2D eigenvalue weighted by atomic mass is 32.1. The molecule has 0 N–H and O–H groups in total. The van der Waals surface area contributed by atoms with Gasteiger partial charge in [0.25, 0.3) is 0 Å². The van der Waals surface area contributed by atoms with Gasteiger partial charge in [0.2, 0.25) is 0 Å². The number of aromatic nitrogens is 1. The summed E-state index contributed by atoms with van der Waals surface area (Å²) in [5.74, 6) is 0. The molecule has 0 unspecified atom stereocenters. The van der Waals surface area contributed by atoms with Gasteiger partial charge in [0.15, 0.2) is 0 Å². The van der Waals surface area contributed by atoms with E-state index in [4.69, 9.17) is 0 Å². The molecule has 0 bridgehead atoms. The number of rotatable bonds is 3. The lowest BCUT2D eigenvalue weighted by Crippen LogP contribution is -1.93. The number of thiophene rings is 1. The van der Waals surface area contributed by atoms with E-state index in [2.05, 4.69) is 205 Å². The van der Waals surface area contributed by atoms with E-state index in [1.165, 1.54) is 135 Å². The van der Waals surface area contributed by atoms with Gasteiger partial charge in [-0.05, 0) is 148 Å². The van der Waals surface area contributed by atoms with E-state index in [0.717, 1.165) is 0 Å². The molecule has 0 fully saturated rings. The predicted octanol–water partition coefficient (Wildman–Crippen LogP) is 16.8. The minimum Gasteiger partial charge on any atom is -0.309 e. The molecule has 2 aromatic heterocycles. The maximum atomic E-state index is 2.46. The fourth-order valence-electron chi connectivity index (χ4n) is 10.6. The Kier molecular flexibility index (Phi) is 6.50. The second kappa shape index (κ2) is 12.0. The van der Waals surface area contributed by atoms with Gasteiger partial charge in [-0.2, -0.15) is 0 Å². The molecule has 0 amide bonds. The van der Waals surface area contributed by atoms with Crippen LogP contribution >= 0.6 is 11.3 Å². The molecule has 1 nitrogen and oxygen atoms in total. The molecular formula is C58H33NS. The van der Waals surface area contributed by atoms with E-state index in [1.807, 2.05) is 11.3 Å². The normalized spacial score (nSPS) is 12.3. The lowest BCUT2D eigenvalue weighted by Gasteiger charge is -2.14. The minimum absolute atomic E-state index is 1.18. The summed E-state index contributed by atoms with van der Waals surface area (Å²) in [5.41, 5.74) is 8.61. The molecule has 0 spiro atoms. The Hall–Kier alpha value is -7.52. The van der Waals surface area contributed by atoms with Crippen molar-refractivity contribution >= 4 is 118 Å². The van der Waals surface area contributed by atoms with Gasteiger partial charge in [0.1, 0.15) is 0 Å². The average Bonchev–Trinajstić information content (AvgIpc) is 3.85. The monoisotopic (exact) mass is 775 g/mol. The molecule has 276 valence electrons.